The Morgan fingerprint density at radius 2 is 1.73 bits per heavy atom. The molecule has 2 aliphatic carbocycles. The summed E-state index contributed by atoms with van der Waals surface area (Å²) >= 11 is 0. The second-order valence-electron chi connectivity index (χ2n) is 9.07. The molecule has 1 heterocycles. The topological polar surface area (TPSA) is 59.0 Å². The van der Waals surface area contributed by atoms with E-state index in [1.165, 1.54) is 25.0 Å². The van der Waals surface area contributed by atoms with Crippen LogP contribution >= 0.6 is 0 Å². The number of benzene rings is 1. The van der Waals surface area contributed by atoms with Crippen molar-refractivity contribution in [2.45, 2.75) is 56.7 Å². The lowest BCUT2D eigenvalue weighted by molar-refractivity contribution is -0.153. The summed E-state index contributed by atoms with van der Waals surface area (Å²) < 4.78 is 47.3. The first-order valence-electron chi connectivity index (χ1n) is 10.6. The Bertz CT molecular complexity index is 753. The molecule has 1 aliphatic heterocycles. The molecule has 30 heavy (non-hydrogen) atoms. The zero-order valence-electron chi connectivity index (χ0n) is 16.9. The summed E-state index contributed by atoms with van der Waals surface area (Å²) in [7, 11) is 0. The van der Waals surface area contributed by atoms with Gasteiger partial charge in [-0.2, -0.15) is 13.2 Å². The average molecular weight is 427 g/mol. The number of amides is 1. The predicted octanol–water partition coefficient (Wildman–Crippen LogP) is 4.08. The molecular weight excluding hydrogens is 399 g/mol. The molecule has 2 saturated carbocycles. The number of hydrogen-bond donors (Lipinski definition) is 1. The van der Waals surface area contributed by atoms with E-state index in [9.17, 15) is 23.1 Å². The molecule has 1 spiro atoms. The number of alkyl halides is 3. The van der Waals surface area contributed by atoms with Gasteiger partial charge in [0.15, 0.2) is 6.61 Å². The monoisotopic (exact) mass is 427 g/mol. The molecule has 0 radical (unpaired) electrons. The van der Waals surface area contributed by atoms with Gasteiger partial charge in [0.2, 0.25) is 5.91 Å². The summed E-state index contributed by atoms with van der Waals surface area (Å²) in [6, 6.07) is 6.15. The molecule has 4 rings (SSSR count). The molecule has 0 unspecified atom stereocenters. The summed E-state index contributed by atoms with van der Waals surface area (Å²) in [5.41, 5.74) is -0.663. The molecule has 166 valence electrons. The van der Waals surface area contributed by atoms with E-state index in [1.807, 2.05) is 0 Å². The fourth-order valence-electron chi connectivity index (χ4n) is 4.46. The van der Waals surface area contributed by atoms with Crippen LogP contribution < -0.4 is 9.64 Å². The molecule has 8 heteroatoms. The fraction of sp³-hybridized carbons (Fsp3) is 0.682. The predicted molar refractivity (Wildman–Crippen MR) is 104 cm³/mol. The summed E-state index contributed by atoms with van der Waals surface area (Å²) in [4.78, 5) is 14.9. The second-order valence-corrected chi connectivity index (χ2v) is 9.07. The summed E-state index contributed by atoms with van der Waals surface area (Å²) in [6.07, 6.45) is 1.08. The van der Waals surface area contributed by atoms with Crippen LogP contribution in [0.4, 0.5) is 18.9 Å². The highest BCUT2D eigenvalue weighted by Gasteiger charge is 2.51. The van der Waals surface area contributed by atoms with Crippen LogP contribution in [0, 0.1) is 11.3 Å². The van der Waals surface area contributed by atoms with Crippen LogP contribution in [0.2, 0.25) is 0 Å². The van der Waals surface area contributed by atoms with Crippen LogP contribution in [-0.4, -0.2) is 49.2 Å². The van der Waals surface area contributed by atoms with Gasteiger partial charge in [0, 0.05) is 18.8 Å². The molecule has 3 aliphatic rings. The van der Waals surface area contributed by atoms with E-state index in [0.717, 1.165) is 6.42 Å². The summed E-state index contributed by atoms with van der Waals surface area (Å²) in [5, 5.41) is 10.8. The number of rotatable bonds is 7. The zero-order chi connectivity index (χ0) is 21.4. The normalized spacial score (nSPS) is 29.6. The van der Waals surface area contributed by atoms with Gasteiger partial charge in [-0.05, 0) is 75.1 Å². The third-order valence-corrected chi connectivity index (χ3v) is 6.62. The van der Waals surface area contributed by atoms with Gasteiger partial charge in [-0.25, -0.2) is 0 Å². The molecule has 1 aromatic rings. The van der Waals surface area contributed by atoms with E-state index in [0.29, 0.717) is 57.0 Å². The maximum atomic E-state index is 13.2. The number of anilines is 1. The Hall–Kier alpha value is -1.80. The molecule has 3 fully saturated rings. The standard InChI is InChI=1S/C22H28F3NO4/c23-22(24,25)15-30-18-5-3-17(4-6-18)26-12-11-20(19(26)27)7-9-21(28,10-8-20)14-29-13-16-1-2-16/h3-6,16,28H,1-2,7-15H2. The third kappa shape index (κ3) is 4.91. The second kappa shape index (κ2) is 8.04. The van der Waals surface area contributed by atoms with Crippen molar-refractivity contribution in [2.24, 2.45) is 11.3 Å². The molecular formula is C22H28F3NO4. The van der Waals surface area contributed by atoms with E-state index in [2.05, 4.69) is 0 Å². The van der Waals surface area contributed by atoms with Gasteiger partial charge in [0.1, 0.15) is 5.75 Å². The van der Waals surface area contributed by atoms with Gasteiger partial charge >= 0.3 is 6.18 Å². The first-order chi connectivity index (χ1) is 14.2. The minimum atomic E-state index is -4.39. The van der Waals surface area contributed by atoms with Crippen molar-refractivity contribution in [2.75, 3.05) is 31.3 Å². The van der Waals surface area contributed by atoms with Crippen LogP contribution in [0.3, 0.4) is 0 Å². The van der Waals surface area contributed by atoms with Crippen LogP contribution in [-0.2, 0) is 9.53 Å². The molecule has 0 aromatic heterocycles. The molecule has 0 bridgehead atoms. The lowest BCUT2D eigenvalue weighted by Gasteiger charge is -2.40. The van der Waals surface area contributed by atoms with Crippen LogP contribution in [0.25, 0.3) is 0 Å². The minimum Gasteiger partial charge on any atom is -0.484 e. The van der Waals surface area contributed by atoms with Gasteiger partial charge in [-0.3, -0.25) is 4.79 Å². The lowest BCUT2D eigenvalue weighted by atomic mass is 9.68. The highest BCUT2D eigenvalue weighted by Crippen LogP contribution is 2.48. The number of aliphatic hydroxyl groups is 1. The number of hydrogen-bond acceptors (Lipinski definition) is 4. The van der Waals surface area contributed by atoms with Gasteiger partial charge in [0.25, 0.3) is 0 Å². The Morgan fingerprint density at radius 3 is 2.33 bits per heavy atom. The van der Waals surface area contributed by atoms with Gasteiger partial charge in [-0.15, -0.1) is 0 Å². The summed E-state index contributed by atoms with van der Waals surface area (Å²) in [5.74, 6) is 0.803. The highest BCUT2D eigenvalue weighted by atomic mass is 19.4. The van der Waals surface area contributed by atoms with E-state index in [4.69, 9.17) is 9.47 Å². The molecule has 1 N–H and O–H groups in total. The van der Waals surface area contributed by atoms with Crippen molar-refractivity contribution < 1.29 is 32.5 Å². The van der Waals surface area contributed by atoms with Gasteiger partial charge < -0.3 is 19.5 Å². The minimum absolute atomic E-state index is 0.0346. The SMILES string of the molecule is O=C1N(c2ccc(OCC(F)(F)F)cc2)CCC12CCC(O)(COCC1CC1)CC2. The van der Waals surface area contributed by atoms with E-state index < -0.39 is 23.8 Å². The first kappa shape index (κ1) is 21.4. The molecule has 1 saturated heterocycles. The average Bonchev–Trinajstić information content (AvgIpc) is 3.47. The number of carbonyl (C=O) groups is 1. The highest BCUT2D eigenvalue weighted by molar-refractivity contribution is 6.00. The van der Waals surface area contributed by atoms with Crippen molar-refractivity contribution >= 4 is 11.6 Å². The maximum Gasteiger partial charge on any atom is 0.422 e. The Morgan fingerprint density at radius 1 is 1.07 bits per heavy atom. The molecule has 0 atom stereocenters. The van der Waals surface area contributed by atoms with Gasteiger partial charge in [0.05, 0.1) is 17.6 Å². The smallest absolute Gasteiger partial charge is 0.422 e. The Balaban J connectivity index is 1.32. The van der Waals surface area contributed by atoms with Crippen LogP contribution in [0.5, 0.6) is 5.75 Å². The molecule has 1 aromatic carbocycles. The molecule has 1 amide bonds. The van der Waals surface area contributed by atoms with Crippen molar-refractivity contribution in [3.8, 4) is 5.75 Å². The number of halogens is 3. The molecule has 5 nitrogen and oxygen atoms in total. The van der Waals surface area contributed by atoms with Crippen LogP contribution in [0.15, 0.2) is 24.3 Å². The quantitative estimate of drug-likeness (QED) is 0.712. The number of carbonyl (C=O) groups excluding carboxylic acids is 1. The Labute approximate surface area is 174 Å². The number of nitrogens with zero attached hydrogens (tertiary/aromatic N) is 1. The summed E-state index contributed by atoms with van der Waals surface area (Å²) in [6.45, 7) is 0.267. The number of ether oxygens (including phenoxy) is 2. The Kier molecular flexibility index (Phi) is 5.74. The van der Waals surface area contributed by atoms with E-state index in [1.54, 1.807) is 17.0 Å². The third-order valence-electron chi connectivity index (χ3n) is 6.62. The van der Waals surface area contributed by atoms with Crippen LogP contribution in [0.1, 0.15) is 44.9 Å². The van der Waals surface area contributed by atoms with Crippen molar-refractivity contribution in [3.05, 3.63) is 24.3 Å². The lowest BCUT2D eigenvalue weighted by Crippen LogP contribution is -2.45. The maximum absolute atomic E-state index is 13.2. The van der Waals surface area contributed by atoms with E-state index >= 15 is 0 Å². The van der Waals surface area contributed by atoms with Crippen molar-refractivity contribution in [3.63, 3.8) is 0 Å². The largest absolute Gasteiger partial charge is 0.484 e. The van der Waals surface area contributed by atoms with Gasteiger partial charge in [-0.1, -0.05) is 0 Å². The fourth-order valence-corrected chi connectivity index (χ4v) is 4.46. The zero-order valence-corrected chi connectivity index (χ0v) is 16.9. The van der Waals surface area contributed by atoms with Crippen molar-refractivity contribution in [1.29, 1.82) is 0 Å². The first-order valence-corrected chi connectivity index (χ1v) is 10.6. The van der Waals surface area contributed by atoms with E-state index in [-0.39, 0.29) is 11.7 Å². The van der Waals surface area contributed by atoms with Crippen molar-refractivity contribution in [1.82, 2.24) is 0 Å².